The molecule has 0 unspecified atom stereocenters. The highest BCUT2D eigenvalue weighted by atomic mass is 16.6. The van der Waals surface area contributed by atoms with E-state index in [4.69, 9.17) is 14.2 Å². The third kappa shape index (κ3) is 5.81. The maximum Gasteiger partial charge on any atom is 0.315 e. The number of methoxy groups -OCH3 is 1. The molecule has 0 aromatic heterocycles. The van der Waals surface area contributed by atoms with Gasteiger partial charge in [0.25, 0.3) is 0 Å². The molecule has 3 amide bonds. The van der Waals surface area contributed by atoms with Crippen molar-refractivity contribution in [1.82, 2.24) is 16.0 Å². The molecule has 2 rings (SSSR count). The highest BCUT2D eigenvalue weighted by molar-refractivity contribution is 5.76. The van der Waals surface area contributed by atoms with Crippen LogP contribution in [-0.4, -0.2) is 80.4 Å². The van der Waals surface area contributed by atoms with E-state index < -0.39 is 18.3 Å². The maximum atomic E-state index is 11.8. The molecule has 2 aliphatic rings. The molecule has 0 saturated carbocycles. The Morgan fingerprint density at radius 2 is 2.04 bits per heavy atom. The summed E-state index contributed by atoms with van der Waals surface area (Å²) >= 11 is 0. The highest BCUT2D eigenvalue weighted by Crippen LogP contribution is 2.35. The Morgan fingerprint density at radius 3 is 2.68 bits per heavy atom. The molecule has 9 heteroatoms. The number of amides is 3. The van der Waals surface area contributed by atoms with Crippen molar-refractivity contribution in [2.24, 2.45) is 0 Å². The number of carbonyl (C=O) groups excluding carboxylic acids is 2. The van der Waals surface area contributed by atoms with Crippen molar-refractivity contribution < 1.29 is 28.9 Å². The molecule has 2 saturated heterocycles. The number of aliphatic hydroxyl groups is 1. The number of aliphatic hydroxyl groups excluding tert-OH is 1. The third-order valence-corrected chi connectivity index (χ3v) is 4.20. The largest absolute Gasteiger partial charge is 0.388 e. The molecule has 0 radical (unpaired) electrons. The van der Waals surface area contributed by atoms with E-state index in [0.717, 1.165) is 0 Å². The summed E-state index contributed by atoms with van der Waals surface area (Å²) in [6, 6.07) is -0.262. The van der Waals surface area contributed by atoms with Crippen LogP contribution in [0.4, 0.5) is 4.79 Å². The van der Waals surface area contributed by atoms with Gasteiger partial charge in [0.2, 0.25) is 5.91 Å². The number of fused-ring (bicyclic) bond motifs is 1. The van der Waals surface area contributed by atoms with Gasteiger partial charge in [0.15, 0.2) is 0 Å². The van der Waals surface area contributed by atoms with Crippen molar-refractivity contribution in [1.29, 1.82) is 0 Å². The lowest BCUT2D eigenvalue weighted by molar-refractivity contribution is -0.124. The van der Waals surface area contributed by atoms with Crippen molar-refractivity contribution in [2.75, 3.05) is 26.8 Å². The molecule has 5 atom stereocenters. The highest BCUT2D eigenvalue weighted by Gasteiger charge is 2.50. The van der Waals surface area contributed by atoms with Crippen LogP contribution in [0.25, 0.3) is 0 Å². The Labute approximate surface area is 147 Å². The van der Waals surface area contributed by atoms with Crippen LogP contribution in [0.2, 0.25) is 0 Å². The molecule has 25 heavy (non-hydrogen) atoms. The van der Waals surface area contributed by atoms with Crippen molar-refractivity contribution in [3.05, 3.63) is 0 Å². The molecule has 4 N–H and O–H groups in total. The molecule has 0 aromatic carbocycles. The first-order valence-electron chi connectivity index (χ1n) is 8.69. The predicted octanol–water partition coefficient (Wildman–Crippen LogP) is -0.867. The van der Waals surface area contributed by atoms with Crippen molar-refractivity contribution in [3.63, 3.8) is 0 Å². The summed E-state index contributed by atoms with van der Waals surface area (Å²) in [5.74, 6) is -0.111. The number of ether oxygens (including phenoxy) is 3. The molecule has 0 aliphatic carbocycles. The quantitative estimate of drug-likeness (QED) is 0.419. The Bertz CT molecular complexity index is 461. The SMILES string of the molecule is COCCNC(=O)C[C@@H]1C[C@H]2O[C@H](CNC(=O)NC(C)C)[C@@H](O)[C@H]2O1. The zero-order valence-corrected chi connectivity index (χ0v) is 15.0. The maximum absolute atomic E-state index is 11.8. The number of rotatable bonds is 8. The van der Waals surface area contributed by atoms with Gasteiger partial charge in [0.05, 0.1) is 25.2 Å². The molecule has 2 aliphatic heterocycles. The normalized spacial score (nSPS) is 31.0. The molecule has 0 aromatic rings. The van der Waals surface area contributed by atoms with Crippen molar-refractivity contribution in [2.45, 2.75) is 63.3 Å². The summed E-state index contributed by atoms with van der Waals surface area (Å²) in [6.07, 6.45) is -1.55. The first kappa shape index (κ1) is 19.9. The van der Waals surface area contributed by atoms with Gasteiger partial charge in [-0.05, 0) is 13.8 Å². The van der Waals surface area contributed by atoms with E-state index in [0.29, 0.717) is 19.6 Å². The third-order valence-electron chi connectivity index (χ3n) is 4.20. The smallest absolute Gasteiger partial charge is 0.315 e. The number of nitrogens with one attached hydrogen (secondary N) is 3. The molecule has 2 fully saturated rings. The molecular formula is C16H29N3O6. The lowest BCUT2D eigenvalue weighted by Gasteiger charge is -2.20. The van der Waals surface area contributed by atoms with Crippen LogP contribution in [0, 0.1) is 0 Å². The van der Waals surface area contributed by atoms with E-state index >= 15 is 0 Å². The molecule has 144 valence electrons. The number of carbonyl (C=O) groups is 2. The fourth-order valence-corrected chi connectivity index (χ4v) is 3.09. The Balaban J connectivity index is 1.71. The van der Waals surface area contributed by atoms with Crippen LogP contribution in [0.3, 0.4) is 0 Å². The van der Waals surface area contributed by atoms with Crippen LogP contribution in [0.15, 0.2) is 0 Å². The molecule has 0 bridgehead atoms. The summed E-state index contributed by atoms with van der Waals surface area (Å²) < 4.78 is 16.5. The molecular weight excluding hydrogens is 330 g/mol. The first-order valence-corrected chi connectivity index (χ1v) is 8.69. The zero-order chi connectivity index (χ0) is 18.4. The predicted molar refractivity (Wildman–Crippen MR) is 89.1 cm³/mol. The minimum absolute atomic E-state index is 0.0351. The van der Waals surface area contributed by atoms with Gasteiger partial charge in [-0.3, -0.25) is 4.79 Å². The van der Waals surface area contributed by atoms with Crippen molar-refractivity contribution in [3.8, 4) is 0 Å². The van der Waals surface area contributed by atoms with Gasteiger partial charge < -0.3 is 35.3 Å². The number of hydrogen-bond acceptors (Lipinski definition) is 6. The van der Waals surface area contributed by atoms with Gasteiger partial charge in [0, 0.05) is 32.7 Å². The van der Waals surface area contributed by atoms with Crippen molar-refractivity contribution >= 4 is 11.9 Å². The average molecular weight is 359 g/mol. The minimum atomic E-state index is -0.828. The summed E-state index contributed by atoms with van der Waals surface area (Å²) in [4.78, 5) is 23.4. The van der Waals surface area contributed by atoms with Crippen LogP contribution >= 0.6 is 0 Å². The standard InChI is InChI=1S/C16H29N3O6/c1-9(2)19-16(22)18-8-12-14(21)15-11(25-12)6-10(24-15)7-13(20)17-4-5-23-3/h9-12,14-15,21H,4-8H2,1-3H3,(H,17,20)(H2,18,19,22)/t10-,11+,12+,14+,15-/m0/s1. The van der Waals surface area contributed by atoms with E-state index in [-0.39, 0.29) is 43.2 Å². The minimum Gasteiger partial charge on any atom is -0.388 e. The Hall–Kier alpha value is -1.42. The van der Waals surface area contributed by atoms with E-state index in [1.807, 2.05) is 13.8 Å². The second-order valence-electron chi connectivity index (χ2n) is 6.72. The Morgan fingerprint density at radius 1 is 1.28 bits per heavy atom. The average Bonchev–Trinajstić information content (AvgIpc) is 3.04. The van der Waals surface area contributed by atoms with Crippen LogP contribution in [-0.2, 0) is 19.0 Å². The summed E-state index contributed by atoms with van der Waals surface area (Å²) in [7, 11) is 1.57. The van der Waals surface area contributed by atoms with E-state index in [1.165, 1.54) is 0 Å². The summed E-state index contributed by atoms with van der Waals surface area (Å²) in [5, 5.41) is 18.5. The number of urea groups is 1. The van der Waals surface area contributed by atoms with Gasteiger partial charge in [-0.15, -0.1) is 0 Å². The zero-order valence-electron chi connectivity index (χ0n) is 15.0. The van der Waals surface area contributed by atoms with Gasteiger partial charge in [0.1, 0.15) is 18.3 Å². The lowest BCUT2D eigenvalue weighted by atomic mass is 10.1. The monoisotopic (exact) mass is 359 g/mol. The summed E-state index contributed by atoms with van der Waals surface area (Å²) in [5.41, 5.74) is 0. The second-order valence-corrected chi connectivity index (χ2v) is 6.72. The van der Waals surface area contributed by atoms with Crippen LogP contribution in [0.5, 0.6) is 0 Å². The second kappa shape index (κ2) is 9.33. The van der Waals surface area contributed by atoms with E-state index in [9.17, 15) is 14.7 Å². The topological polar surface area (TPSA) is 118 Å². The van der Waals surface area contributed by atoms with E-state index in [1.54, 1.807) is 7.11 Å². The van der Waals surface area contributed by atoms with E-state index in [2.05, 4.69) is 16.0 Å². The fourth-order valence-electron chi connectivity index (χ4n) is 3.09. The Kier molecular flexibility index (Phi) is 7.42. The summed E-state index contributed by atoms with van der Waals surface area (Å²) in [6.45, 7) is 4.86. The van der Waals surface area contributed by atoms with Gasteiger partial charge in [-0.25, -0.2) is 4.79 Å². The van der Waals surface area contributed by atoms with Crippen LogP contribution in [0.1, 0.15) is 26.7 Å². The van der Waals surface area contributed by atoms with Gasteiger partial charge in [-0.1, -0.05) is 0 Å². The first-order chi connectivity index (χ1) is 11.9. The fraction of sp³-hybridized carbons (Fsp3) is 0.875. The van der Waals surface area contributed by atoms with Gasteiger partial charge >= 0.3 is 6.03 Å². The van der Waals surface area contributed by atoms with Gasteiger partial charge in [-0.2, -0.15) is 0 Å². The number of hydrogen-bond donors (Lipinski definition) is 4. The van der Waals surface area contributed by atoms with Crippen LogP contribution < -0.4 is 16.0 Å². The lowest BCUT2D eigenvalue weighted by Crippen LogP contribution is -2.45. The molecule has 0 spiro atoms. The molecule has 2 heterocycles. The molecule has 9 nitrogen and oxygen atoms in total.